The highest BCUT2D eigenvalue weighted by Gasteiger charge is 2.30. The van der Waals surface area contributed by atoms with Crippen molar-refractivity contribution in [3.63, 3.8) is 0 Å². The van der Waals surface area contributed by atoms with Gasteiger partial charge in [0.1, 0.15) is 0 Å². The molecule has 0 aliphatic heterocycles. The van der Waals surface area contributed by atoms with Gasteiger partial charge in [-0.25, -0.2) is 8.42 Å². The first-order valence-corrected chi connectivity index (χ1v) is 8.14. The summed E-state index contributed by atoms with van der Waals surface area (Å²) in [5.74, 6) is -0.786. The molecule has 0 saturated heterocycles. The molecule has 0 radical (unpaired) electrons. The molecule has 1 amide bonds. The highest BCUT2D eigenvalue weighted by atomic mass is 35.7. The predicted molar refractivity (Wildman–Crippen MR) is 71.8 cm³/mol. The van der Waals surface area contributed by atoms with E-state index in [9.17, 15) is 26.4 Å². The molecule has 0 heterocycles. The monoisotopic (exact) mass is 343 g/mol. The second-order valence-electron chi connectivity index (χ2n) is 4.61. The first-order chi connectivity index (χ1) is 9.40. The number of hydrogen-bond donors (Lipinski definition) is 1. The fourth-order valence-electron chi connectivity index (χ4n) is 1.70. The van der Waals surface area contributed by atoms with Crippen LogP contribution in [-0.2, 0) is 9.05 Å². The molecule has 0 bridgehead atoms. The number of alkyl halides is 3. The molecule has 1 N–H and O–H groups in total. The summed E-state index contributed by atoms with van der Waals surface area (Å²) in [6.07, 6.45) is -5.58. The Morgan fingerprint density at radius 1 is 1.38 bits per heavy atom. The van der Waals surface area contributed by atoms with Gasteiger partial charge in [-0.1, -0.05) is 6.07 Å². The lowest BCUT2D eigenvalue weighted by molar-refractivity contribution is -0.138. The SMILES string of the molecule is Cc1ccc(S(=O)(=O)Cl)cc1C(=O)NC(C)CC(F)(F)F. The van der Waals surface area contributed by atoms with Gasteiger partial charge in [0.25, 0.3) is 15.0 Å². The topological polar surface area (TPSA) is 63.2 Å². The Morgan fingerprint density at radius 3 is 2.43 bits per heavy atom. The Bertz CT molecular complexity index is 644. The Labute approximate surface area is 124 Å². The van der Waals surface area contributed by atoms with Crippen molar-refractivity contribution in [1.29, 1.82) is 0 Å². The Morgan fingerprint density at radius 2 is 1.95 bits per heavy atom. The smallest absolute Gasteiger partial charge is 0.349 e. The van der Waals surface area contributed by atoms with E-state index in [2.05, 4.69) is 5.32 Å². The van der Waals surface area contributed by atoms with Crippen LogP contribution in [0.15, 0.2) is 23.1 Å². The van der Waals surface area contributed by atoms with Gasteiger partial charge in [0.2, 0.25) is 0 Å². The van der Waals surface area contributed by atoms with Crippen molar-refractivity contribution in [3.8, 4) is 0 Å². The maximum absolute atomic E-state index is 12.2. The molecule has 1 aromatic rings. The average Bonchev–Trinajstić information content (AvgIpc) is 2.24. The minimum Gasteiger partial charge on any atom is -0.349 e. The molecule has 118 valence electrons. The minimum atomic E-state index is -4.40. The molecule has 1 aromatic carbocycles. The first kappa shape index (κ1) is 17.8. The Hall–Kier alpha value is -1.28. The summed E-state index contributed by atoms with van der Waals surface area (Å²) < 4.78 is 59.1. The average molecular weight is 344 g/mol. The minimum absolute atomic E-state index is 0.0363. The maximum Gasteiger partial charge on any atom is 0.391 e. The normalized spacial score (nSPS) is 13.8. The summed E-state index contributed by atoms with van der Waals surface area (Å²) in [5.41, 5.74) is 0.390. The standard InChI is InChI=1S/C12H13ClF3NO3S/c1-7-3-4-9(21(13,19)20)5-10(7)11(18)17-8(2)6-12(14,15)16/h3-5,8H,6H2,1-2H3,(H,17,18). The molecule has 0 aliphatic rings. The van der Waals surface area contributed by atoms with Crippen LogP contribution < -0.4 is 5.32 Å². The van der Waals surface area contributed by atoms with Crippen LogP contribution in [-0.4, -0.2) is 26.5 Å². The van der Waals surface area contributed by atoms with Gasteiger partial charge in [-0.3, -0.25) is 4.79 Å². The number of rotatable bonds is 4. The molecule has 21 heavy (non-hydrogen) atoms. The number of carbonyl (C=O) groups excluding carboxylic acids is 1. The van der Waals surface area contributed by atoms with Crippen molar-refractivity contribution in [3.05, 3.63) is 29.3 Å². The van der Waals surface area contributed by atoms with E-state index in [-0.39, 0.29) is 10.5 Å². The molecule has 4 nitrogen and oxygen atoms in total. The highest BCUT2D eigenvalue weighted by Crippen LogP contribution is 2.22. The lowest BCUT2D eigenvalue weighted by atomic mass is 10.1. The molecular formula is C12H13ClF3NO3S. The molecule has 1 unspecified atom stereocenters. The van der Waals surface area contributed by atoms with Gasteiger partial charge in [0, 0.05) is 22.3 Å². The van der Waals surface area contributed by atoms with E-state index in [4.69, 9.17) is 10.7 Å². The van der Waals surface area contributed by atoms with Crippen molar-refractivity contribution in [2.75, 3.05) is 0 Å². The van der Waals surface area contributed by atoms with E-state index in [0.29, 0.717) is 5.56 Å². The number of carbonyl (C=O) groups is 1. The number of halogens is 4. The zero-order chi connectivity index (χ0) is 16.4. The fourth-order valence-corrected chi connectivity index (χ4v) is 2.47. The van der Waals surface area contributed by atoms with Crippen LogP contribution in [0.25, 0.3) is 0 Å². The van der Waals surface area contributed by atoms with Crippen LogP contribution in [0.4, 0.5) is 13.2 Å². The first-order valence-electron chi connectivity index (χ1n) is 5.83. The van der Waals surface area contributed by atoms with E-state index >= 15 is 0 Å². The van der Waals surface area contributed by atoms with Crippen LogP contribution in [0.3, 0.4) is 0 Å². The van der Waals surface area contributed by atoms with Crippen molar-refractivity contribution >= 4 is 25.6 Å². The second kappa shape index (κ2) is 6.23. The van der Waals surface area contributed by atoms with Gasteiger partial charge in [0.15, 0.2) is 0 Å². The lowest BCUT2D eigenvalue weighted by Crippen LogP contribution is -2.36. The van der Waals surface area contributed by atoms with E-state index < -0.39 is 33.6 Å². The molecule has 0 saturated carbocycles. The molecule has 1 rings (SSSR count). The van der Waals surface area contributed by atoms with Gasteiger partial charge in [0.05, 0.1) is 11.3 Å². The van der Waals surface area contributed by atoms with E-state index in [1.54, 1.807) is 0 Å². The molecular weight excluding hydrogens is 331 g/mol. The summed E-state index contributed by atoms with van der Waals surface area (Å²) in [6, 6.07) is 2.48. The molecule has 0 spiro atoms. The number of hydrogen-bond acceptors (Lipinski definition) is 3. The van der Waals surface area contributed by atoms with Crippen molar-refractivity contribution < 1.29 is 26.4 Å². The second-order valence-corrected chi connectivity index (χ2v) is 7.17. The van der Waals surface area contributed by atoms with Crippen molar-refractivity contribution in [2.24, 2.45) is 0 Å². The maximum atomic E-state index is 12.2. The Balaban J connectivity index is 2.98. The summed E-state index contributed by atoms with van der Waals surface area (Å²) in [6.45, 7) is 2.75. The number of amides is 1. The van der Waals surface area contributed by atoms with Gasteiger partial charge in [-0.05, 0) is 31.5 Å². The van der Waals surface area contributed by atoms with Gasteiger partial charge in [-0.15, -0.1) is 0 Å². The van der Waals surface area contributed by atoms with Gasteiger partial charge < -0.3 is 5.32 Å². The van der Waals surface area contributed by atoms with Crippen molar-refractivity contribution in [2.45, 2.75) is 37.4 Å². The van der Waals surface area contributed by atoms with E-state index in [0.717, 1.165) is 6.07 Å². The third-order valence-corrected chi connectivity index (χ3v) is 4.00. The van der Waals surface area contributed by atoms with Gasteiger partial charge in [-0.2, -0.15) is 13.2 Å². The van der Waals surface area contributed by atoms with E-state index in [1.807, 2.05) is 0 Å². The van der Waals surface area contributed by atoms with Crippen LogP contribution in [0, 0.1) is 6.92 Å². The van der Waals surface area contributed by atoms with Crippen LogP contribution >= 0.6 is 10.7 Å². The molecule has 0 aliphatic carbocycles. The summed E-state index contributed by atoms with van der Waals surface area (Å²) in [5, 5.41) is 2.18. The largest absolute Gasteiger partial charge is 0.391 e. The highest BCUT2D eigenvalue weighted by molar-refractivity contribution is 8.13. The third kappa shape index (κ3) is 5.55. The Kier molecular flexibility index (Phi) is 5.27. The van der Waals surface area contributed by atoms with Crippen LogP contribution in [0.2, 0.25) is 0 Å². The summed E-state index contributed by atoms with van der Waals surface area (Å²) >= 11 is 0. The number of aryl methyl sites for hydroxylation is 1. The molecule has 1 atom stereocenters. The van der Waals surface area contributed by atoms with Gasteiger partial charge >= 0.3 is 6.18 Å². The molecule has 0 aromatic heterocycles. The van der Waals surface area contributed by atoms with Crippen LogP contribution in [0.1, 0.15) is 29.3 Å². The summed E-state index contributed by atoms with van der Waals surface area (Å²) in [4.78, 5) is 11.6. The van der Waals surface area contributed by atoms with Crippen molar-refractivity contribution in [1.82, 2.24) is 5.32 Å². The zero-order valence-corrected chi connectivity index (χ0v) is 12.7. The predicted octanol–water partition coefficient (Wildman–Crippen LogP) is 2.99. The fraction of sp³-hybridized carbons (Fsp3) is 0.417. The zero-order valence-electron chi connectivity index (χ0n) is 11.2. The number of benzene rings is 1. The number of nitrogens with one attached hydrogen (secondary N) is 1. The van der Waals surface area contributed by atoms with Crippen LogP contribution in [0.5, 0.6) is 0 Å². The molecule has 9 heteroatoms. The quantitative estimate of drug-likeness (QED) is 0.855. The summed E-state index contributed by atoms with van der Waals surface area (Å²) in [7, 11) is 1.15. The molecule has 0 fully saturated rings. The third-order valence-electron chi connectivity index (χ3n) is 2.65. The van der Waals surface area contributed by atoms with E-state index in [1.165, 1.54) is 26.0 Å². The lowest BCUT2D eigenvalue weighted by Gasteiger charge is -2.16.